The molecule has 2 N–H and O–H groups in total. The van der Waals surface area contributed by atoms with E-state index in [0.29, 0.717) is 10.0 Å². The fraction of sp³-hybridized carbons (Fsp3) is 0.381. The van der Waals surface area contributed by atoms with Crippen LogP contribution in [0.2, 0.25) is 10.0 Å². The van der Waals surface area contributed by atoms with Crippen molar-refractivity contribution in [3.05, 3.63) is 58.1 Å². The highest BCUT2D eigenvalue weighted by atomic mass is 35.5. The number of hydrogen-bond donors (Lipinski definition) is 1. The van der Waals surface area contributed by atoms with Gasteiger partial charge in [0.2, 0.25) is 0 Å². The van der Waals surface area contributed by atoms with Crippen LogP contribution in [0.1, 0.15) is 30.3 Å². The summed E-state index contributed by atoms with van der Waals surface area (Å²) < 4.78 is 2.07. The van der Waals surface area contributed by atoms with Gasteiger partial charge in [0.1, 0.15) is 10.8 Å². The topological polar surface area (TPSA) is 72.9 Å². The second kappa shape index (κ2) is 7.71. The van der Waals surface area contributed by atoms with Crippen LogP contribution in [0, 0.1) is 12.3 Å². The Hall–Kier alpha value is -1.80. The molecule has 156 valence electrons. The third-order valence-corrected chi connectivity index (χ3v) is 8.18. The maximum absolute atomic E-state index is 6.60. The van der Waals surface area contributed by atoms with Crippen LogP contribution in [0.4, 0.5) is 5.82 Å². The van der Waals surface area contributed by atoms with Crippen LogP contribution in [-0.2, 0) is 6.54 Å². The second-order valence-electron chi connectivity index (χ2n) is 8.01. The predicted octanol–water partition coefficient (Wildman–Crippen LogP) is 4.74. The number of anilines is 1. The molecule has 1 fully saturated rings. The van der Waals surface area contributed by atoms with Gasteiger partial charge in [-0.3, -0.25) is 4.68 Å². The van der Waals surface area contributed by atoms with Crippen molar-refractivity contribution >= 4 is 40.8 Å². The molecule has 2 aliphatic heterocycles. The molecule has 6 nitrogen and oxygen atoms in total. The van der Waals surface area contributed by atoms with Crippen LogP contribution < -0.4 is 10.6 Å². The average Bonchev–Trinajstić information content (AvgIpc) is 3.28. The lowest BCUT2D eigenvalue weighted by Crippen LogP contribution is -2.45. The minimum Gasteiger partial charge on any atom is -0.355 e. The Morgan fingerprint density at radius 1 is 1.20 bits per heavy atom. The van der Waals surface area contributed by atoms with E-state index >= 15 is 0 Å². The molecule has 0 unspecified atom stereocenters. The zero-order valence-corrected chi connectivity index (χ0v) is 18.9. The molecule has 1 aromatic carbocycles. The molecule has 5 rings (SSSR count). The molecular weight excluding hydrogens is 439 g/mol. The number of nitrogens with two attached hydrogens (primary N) is 1. The standard InChI is InChI=1S/C21H22Cl2N6S/c1-13-20(25-11-17(27-13)30-16-4-2-3-14(22)18(16)23)28-9-6-21(7-10-28)12-29-15(19(21)24)5-8-26-29/h2-5,8,11,19H,6-7,9-10,12,24H2,1H3/t19-/m1/s1. The van der Waals surface area contributed by atoms with Crippen LogP contribution in [0.15, 0.2) is 46.6 Å². The summed E-state index contributed by atoms with van der Waals surface area (Å²) in [4.78, 5) is 12.7. The molecule has 1 atom stereocenters. The lowest BCUT2D eigenvalue weighted by atomic mass is 9.73. The first kappa shape index (κ1) is 20.1. The molecule has 30 heavy (non-hydrogen) atoms. The molecule has 0 saturated carbocycles. The zero-order valence-electron chi connectivity index (χ0n) is 16.6. The number of benzene rings is 1. The number of aryl methyl sites for hydroxylation is 1. The number of nitrogens with zero attached hydrogens (tertiary/aromatic N) is 5. The monoisotopic (exact) mass is 460 g/mol. The Morgan fingerprint density at radius 3 is 2.73 bits per heavy atom. The minimum absolute atomic E-state index is 0.0514. The molecule has 2 aliphatic rings. The average molecular weight is 461 g/mol. The second-order valence-corrected chi connectivity index (χ2v) is 9.86. The number of aromatic nitrogens is 4. The van der Waals surface area contributed by atoms with E-state index in [4.69, 9.17) is 38.9 Å². The van der Waals surface area contributed by atoms with Crippen molar-refractivity contribution in [2.75, 3.05) is 18.0 Å². The molecule has 1 spiro atoms. The Bertz CT molecular complexity index is 1090. The van der Waals surface area contributed by atoms with Crippen LogP contribution >= 0.6 is 35.0 Å². The van der Waals surface area contributed by atoms with E-state index in [9.17, 15) is 0 Å². The number of fused-ring (bicyclic) bond motifs is 1. The van der Waals surface area contributed by atoms with Crippen LogP contribution in [0.5, 0.6) is 0 Å². The maximum Gasteiger partial charge on any atom is 0.150 e. The molecule has 2 aromatic heterocycles. The molecule has 4 heterocycles. The van der Waals surface area contributed by atoms with E-state index in [1.165, 1.54) is 11.8 Å². The van der Waals surface area contributed by atoms with E-state index in [0.717, 1.165) is 59.6 Å². The molecule has 1 saturated heterocycles. The Labute approximate surface area is 189 Å². The van der Waals surface area contributed by atoms with E-state index in [2.05, 4.69) is 14.7 Å². The lowest BCUT2D eigenvalue weighted by Gasteiger charge is -2.42. The quantitative estimate of drug-likeness (QED) is 0.608. The summed E-state index contributed by atoms with van der Waals surface area (Å²) in [6, 6.07) is 7.69. The van der Waals surface area contributed by atoms with Gasteiger partial charge in [0, 0.05) is 36.1 Å². The minimum atomic E-state index is 0.0514. The molecular formula is C21H22Cl2N6S. The number of hydrogen-bond acceptors (Lipinski definition) is 6. The SMILES string of the molecule is Cc1nc(Sc2cccc(Cl)c2Cl)cnc1N1CCC2(CC1)Cn1nccc1[C@H]2N. The summed E-state index contributed by atoms with van der Waals surface area (Å²) in [5.41, 5.74) is 8.77. The molecule has 0 radical (unpaired) electrons. The largest absolute Gasteiger partial charge is 0.355 e. The van der Waals surface area contributed by atoms with E-state index in [1.807, 2.05) is 37.5 Å². The van der Waals surface area contributed by atoms with Crippen LogP contribution in [0.25, 0.3) is 0 Å². The lowest BCUT2D eigenvalue weighted by molar-refractivity contribution is 0.170. The van der Waals surface area contributed by atoms with Gasteiger partial charge in [-0.25, -0.2) is 9.97 Å². The maximum atomic E-state index is 6.60. The zero-order chi connectivity index (χ0) is 20.9. The van der Waals surface area contributed by atoms with Gasteiger partial charge in [0.15, 0.2) is 0 Å². The molecule has 9 heteroatoms. The van der Waals surface area contributed by atoms with Gasteiger partial charge in [-0.05, 0) is 38.0 Å². The highest BCUT2D eigenvalue weighted by molar-refractivity contribution is 7.99. The van der Waals surface area contributed by atoms with Gasteiger partial charge >= 0.3 is 0 Å². The highest BCUT2D eigenvalue weighted by Gasteiger charge is 2.47. The van der Waals surface area contributed by atoms with Crippen molar-refractivity contribution in [2.45, 2.75) is 42.3 Å². The van der Waals surface area contributed by atoms with Crippen LogP contribution in [0.3, 0.4) is 0 Å². The van der Waals surface area contributed by atoms with E-state index in [-0.39, 0.29) is 11.5 Å². The van der Waals surface area contributed by atoms with Crippen molar-refractivity contribution in [1.29, 1.82) is 0 Å². The third kappa shape index (κ3) is 3.38. The summed E-state index contributed by atoms with van der Waals surface area (Å²) in [5.74, 6) is 0.940. The van der Waals surface area contributed by atoms with Crippen molar-refractivity contribution in [3.63, 3.8) is 0 Å². The summed E-state index contributed by atoms with van der Waals surface area (Å²) in [7, 11) is 0. The molecule has 0 aliphatic carbocycles. The van der Waals surface area contributed by atoms with Crippen molar-refractivity contribution < 1.29 is 0 Å². The fourth-order valence-electron chi connectivity index (χ4n) is 4.57. The number of piperidine rings is 1. The first-order valence-corrected chi connectivity index (χ1v) is 11.5. The van der Waals surface area contributed by atoms with Crippen molar-refractivity contribution in [3.8, 4) is 0 Å². The molecule has 0 bridgehead atoms. The van der Waals surface area contributed by atoms with Gasteiger partial charge in [0.25, 0.3) is 0 Å². The number of rotatable bonds is 3. The van der Waals surface area contributed by atoms with Gasteiger partial charge < -0.3 is 10.6 Å². The first-order valence-electron chi connectivity index (χ1n) is 9.95. The first-order chi connectivity index (χ1) is 14.5. The highest BCUT2D eigenvalue weighted by Crippen LogP contribution is 2.48. The number of halogens is 2. The van der Waals surface area contributed by atoms with Crippen LogP contribution in [-0.4, -0.2) is 32.8 Å². The third-order valence-electron chi connectivity index (χ3n) is 6.28. The fourth-order valence-corrected chi connectivity index (χ4v) is 5.90. The van der Waals surface area contributed by atoms with E-state index < -0.39 is 0 Å². The van der Waals surface area contributed by atoms with Crippen molar-refractivity contribution in [1.82, 2.24) is 19.7 Å². The van der Waals surface area contributed by atoms with Crippen molar-refractivity contribution in [2.24, 2.45) is 11.1 Å². The summed E-state index contributed by atoms with van der Waals surface area (Å²) in [6.45, 7) is 4.75. The molecule has 3 aromatic rings. The normalized spacial score (nSPS) is 20.0. The smallest absolute Gasteiger partial charge is 0.150 e. The van der Waals surface area contributed by atoms with E-state index in [1.54, 1.807) is 6.07 Å². The van der Waals surface area contributed by atoms with Gasteiger partial charge in [0.05, 0.1) is 33.7 Å². The molecule has 0 amide bonds. The summed E-state index contributed by atoms with van der Waals surface area (Å²) in [6.07, 6.45) is 5.69. The van der Waals surface area contributed by atoms with Gasteiger partial charge in [-0.1, -0.05) is 41.0 Å². The van der Waals surface area contributed by atoms with Gasteiger partial charge in [-0.15, -0.1) is 0 Å². The Balaban J connectivity index is 1.29. The Kier molecular flexibility index (Phi) is 5.17. The summed E-state index contributed by atoms with van der Waals surface area (Å²) in [5, 5.41) is 6.31. The predicted molar refractivity (Wildman–Crippen MR) is 120 cm³/mol. The summed E-state index contributed by atoms with van der Waals surface area (Å²) >= 11 is 13.9. The van der Waals surface area contributed by atoms with Gasteiger partial charge in [-0.2, -0.15) is 5.10 Å². The Morgan fingerprint density at radius 2 is 2.00 bits per heavy atom.